The minimum atomic E-state index is -3.60. The van der Waals surface area contributed by atoms with Crippen LogP contribution in [0.15, 0.2) is 22.7 Å². The molecular weight excluding hydrogens is 310 g/mol. The summed E-state index contributed by atoms with van der Waals surface area (Å²) in [7, 11) is -3.60. The first-order valence-electron chi connectivity index (χ1n) is 6.59. The molecule has 0 radical (unpaired) electrons. The van der Waals surface area contributed by atoms with Gasteiger partial charge < -0.3 is 5.73 Å². The molecule has 2 rings (SSSR count). The molecule has 2 aromatic heterocycles. The molecule has 21 heavy (non-hydrogen) atoms. The summed E-state index contributed by atoms with van der Waals surface area (Å²) < 4.78 is 28.8. The van der Waals surface area contributed by atoms with Gasteiger partial charge in [0.1, 0.15) is 9.90 Å². The van der Waals surface area contributed by atoms with Crippen molar-refractivity contribution in [2.24, 2.45) is 5.73 Å². The molecule has 7 nitrogen and oxygen atoms in total. The maximum atomic E-state index is 12.3. The SMILES string of the molecule is Cc1csc(C(C)NS(=O)(=O)c2cnn(CCCN)c2)n1. The standard InChI is InChI=1S/C12H19N5O2S2/c1-9-8-20-12(15-9)10(2)16-21(18,19)11-6-14-17(7-11)5-3-4-13/h6-8,10,16H,3-5,13H2,1-2H3. The number of hydrogen-bond donors (Lipinski definition) is 2. The summed E-state index contributed by atoms with van der Waals surface area (Å²) >= 11 is 1.44. The number of sulfonamides is 1. The van der Waals surface area contributed by atoms with Crippen molar-refractivity contribution in [3.05, 3.63) is 28.5 Å². The number of hydrogen-bond acceptors (Lipinski definition) is 6. The fraction of sp³-hybridized carbons (Fsp3) is 0.500. The third-order valence-electron chi connectivity index (χ3n) is 2.85. The van der Waals surface area contributed by atoms with Crippen molar-refractivity contribution in [2.45, 2.75) is 37.8 Å². The zero-order valence-electron chi connectivity index (χ0n) is 12.0. The Kier molecular flexibility index (Phi) is 5.09. The highest BCUT2D eigenvalue weighted by molar-refractivity contribution is 7.89. The van der Waals surface area contributed by atoms with Crippen LogP contribution in [0.2, 0.25) is 0 Å². The molecule has 9 heteroatoms. The molecule has 0 amide bonds. The smallest absolute Gasteiger partial charge is 0.244 e. The quantitative estimate of drug-likeness (QED) is 0.790. The van der Waals surface area contributed by atoms with E-state index in [0.29, 0.717) is 13.1 Å². The number of nitrogens with one attached hydrogen (secondary N) is 1. The van der Waals surface area contributed by atoms with Crippen LogP contribution in [0.4, 0.5) is 0 Å². The van der Waals surface area contributed by atoms with E-state index in [0.717, 1.165) is 17.1 Å². The van der Waals surface area contributed by atoms with Crippen molar-refractivity contribution in [1.82, 2.24) is 19.5 Å². The first-order chi connectivity index (χ1) is 9.92. The number of nitrogens with two attached hydrogens (primary N) is 1. The molecule has 1 unspecified atom stereocenters. The molecule has 2 heterocycles. The predicted octanol–water partition coefficient (Wildman–Crippen LogP) is 1.04. The Labute approximate surface area is 128 Å². The van der Waals surface area contributed by atoms with Gasteiger partial charge in [-0.05, 0) is 26.8 Å². The molecule has 116 valence electrons. The van der Waals surface area contributed by atoms with Gasteiger partial charge >= 0.3 is 0 Å². The molecule has 0 fully saturated rings. The van der Waals surface area contributed by atoms with Gasteiger partial charge in [-0.2, -0.15) is 5.10 Å². The lowest BCUT2D eigenvalue weighted by Crippen LogP contribution is -2.26. The Morgan fingerprint density at radius 1 is 1.52 bits per heavy atom. The summed E-state index contributed by atoms with van der Waals surface area (Å²) in [6, 6.07) is -0.374. The average molecular weight is 329 g/mol. The van der Waals surface area contributed by atoms with E-state index < -0.39 is 10.0 Å². The van der Waals surface area contributed by atoms with Crippen LogP contribution in [-0.2, 0) is 16.6 Å². The lowest BCUT2D eigenvalue weighted by atomic mass is 10.4. The van der Waals surface area contributed by atoms with Crippen LogP contribution in [0.25, 0.3) is 0 Å². The van der Waals surface area contributed by atoms with Gasteiger partial charge in [-0.3, -0.25) is 4.68 Å². The summed E-state index contributed by atoms with van der Waals surface area (Å²) in [5, 5.41) is 6.67. The van der Waals surface area contributed by atoms with Gasteiger partial charge in [0, 0.05) is 23.8 Å². The van der Waals surface area contributed by atoms with Crippen molar-refractivity contribution in [3.63, 3.8) is 0 Å². The summed E-state index contributed by atoms with van der Waals surface area (Å²) in [5.41, 5.74) is 6.31. The Morgan fingerprint density at radius 3 is 2.90 bits per heavy atom. The summed E-state index contributed by atoms with van der Waals surface area (Å²) in [5.74, 6) is 0. The molecule has 0 bridgehead atoms. The van der Waals surface area contributed by atoms with Gasteiger partial charge in [0.25, 0.3) is 0 Å². The summed E-state index contributed by atoms with van der Waals surface area (Å²) in [6.07, 6.45) is 3.61. The molecule has 0 spiro atoms. The Bertz CT molecular complexity index is 692. The molecule has 0 aromatic carbocycles. The minimum absolute atomic E-state index is 0.152. The molecule has 3 N–H and O–H groups in total. The maximum Gasteiger partial charge on any atom is 0.244 e. The molecular formula is C12H19N5O2S2. The van der Waals surface area contributed by atoms with Crippen LogP contribution in [0.1, 0.15) is 30.1 Å². The number of aromatic nitrogens is 3. The zero-order valence-corrected chi connectivity index (χ0v) is 13.6. The summed E-state index contributed by atoms with van der Waals surface area (Å²) in [6.45, 7) is 4.80. The number of nitrogens with zero attached hydrogens (tertiary/aromatic N) is 3. The fourth-order valence-electron chi connectivity index (χ4n) is 1.78. The van der Waals surface area contributed by atoms with Crippen LogP contribution >= 0.6 is 11.3 Å². The van der Waals surface area contributed by atoms with Gasteiger partial charge in [0.05, 0.1) is 12.2 Å². The van der Waals surface area contributed by atoms with Gasteiger partial charge in [0.15, 0.2) is 0 Å². The highest BCUT2D eigenvalue weighted by Crippen LogP contribution is 2.20. The van der Waals surface area contributed by atoms with E-state index >= 15 is 0 Å². The molecule has 0 aliphatic carbocycles. The predicted molar refractivity (Wildman–Crippen MR) is 81.5 cm³/mol. The van der Waals surface area contributed by atoms with E-state index in [1.807, 2.05) is 12.3 Å². The van der Waals surface area contributed by atoms with Gasteiger partial charge in [-0.15, -0.1) is 11.3 Å². The second kappa shape index (κ2) is 6.65. The van der Waals surface area contributed by atoms with E-state index in [1.165, 1.54) is 23.7 Å². The largest absolute Gasteiger partial charge is 0.330 e. The first kappa shape index (κ1) is 16.1. The highest BCUT2D eigenvalue weighted by atomic mass is 32.2. The fourth-order valence-corrected chi connectivity index (χ4v) is 3.82. The third-order valence-corrected chi connectivity index (χ3v) is 5.49. The van der Waals surface area contributed by atoms with E-state index in [1.54, 1.807) is 11.6 Å². The van der Waals surface area contributed by atoms with Gasteiger partial charge in [-0.25, -0.2) is 18.1 Å². The molecule has 0 saturated carbocycles. The summed E-state index contributed by atoms with van der Waals surface area (Å²) in [4.78, 5) is 4.44. The monoisotopic (exact) mass is 329 g/mol. The highest BCUT2D eigenvalue weighted by Gasteiger charge is 2.21. The van der Waals surface area contributed by atoms with Crippen LogP contribution < -0.4 is 10.5 Å². The van der Waals surface area contributed by atoms with E-state index in [4.69, 9.17) is 5.73 Å². The molecule has 0 aliphatic rings. The van der Waals surface area contributed by atoms with Crippen molar-refractivity contribution in [3.8, 4) is 0 Å². The van der Waals surface area contributed by atoms with Gasteiger partial charge in [-0.1, -0.05) is 0 Å². The van der Waals surface area contributed by atoms with Crippen LogP contribution in [0.3, 0.4) is 0 Å². The number of rotatable bonds is 7. The van der Waals surface area contributed by atoms with Crippen molar-refractivity contribution < 1.29 is 8.42 Å². The Morgan fingerprint density at radius 2 is 2.29 bits per heavy atom. The lowest BCUT2D eigenvalue weighted by Gasteiger charge is -2.10. The third kappa shape index (κ3) is 4.10. The van der Waals surface area contributed by atoms with E-state index in [2.05, 4.69) is 14.8 Å². The maximum absolute atomic E-state index is 12.3. The van der Waals surface area contributed by atoms with Crippen molar-refractivity contribution >= 4 is 21.4 Å². The van der Waals surface area contributed by atoms with Crippen molar-refractivity contribution in [1.29, 1.82) is 0 Å². The minimum Gasteiger partial charge on any atom is -0.330 e. The topological polar surface area (TPSA) is 103 Å². The zero-order chi connectivity index (χ0) is 15.5. The van der Waals surface area contributed by atoms with Crippen LogP contribution in [-0.4, -0.2) is 29.7 Å². The average Bonchev–Trinajstić information content (AvgIpc) is 3.05. The molecule has 0 aliphatic heterocycles. The normalized spacial score (nSPS) is 13.5. The first-order valence-corrected chi connectivity index (χ1v) is 8.95. The second-order valence-electron chi connectivity index (χ2n) is 4.75. The van der Waals surface area contributed by atoms with Crippen LogP contribution in [0, 0.1) is 6.92 Å². The van der Waals surface area contributed by atoms with E-state index in [-0.39, 0.29) is 10.9 Å². The van der Waals surface area contributed by atoms with Crippen LogP contribution in [0.5, 0.6) is 0 Å². The molecule has 2 aromatic rings. The number of thiazole rings is 1. The van der Waals surface area contributed by atoms with Gasteiger partial charge in [0.2, 0.25) is 10.0 Å². The molecule has 0 saturated heterocycles. The lowest BCUT2D eigenvalue weighted by molar-refractivity contribution is 0.564. The Balaban J connectivity index is 2.09. The van der Waals surface area contributed by atoms with E-state index in [9.17, 15) is 8.42 Å². The van der Waals surface area contributed by atoms with Crippen molar-refractivity contribution in [2.75, 3.05) is 6.54 Å². The molecule has 1 atom stereocenters. The second-order valence-corrected chi connectivity index (χ2v) is 7.36. The Hall–Kier alpha value is -1.29. The number of aryl methyl sites for hydroxylation is 2.